The van der Waals surface area contributed by atoms with Crippen molar-refractivity contribution in [3.05, 3.63) is 24.4 Å². The van der Waals surface area contributed by atoms with Gasteiger partial charge in [0.15, 0.2) is 36.9 Å². The van der Waals surface area contributed by atoms with E-state index in [0.717, 1.165) is 23.9 Å². The molecule has 0 saturated carbocycles. The summed E-state index contributed by atoms with van der Waals surface area (Å²) in [5, 5.41) is 18.5. The Hall–Kier alpha value is -0.660. The van der Waals surface area contributed by atoms with Crippen molar-refractivity contribution in [2.45, 2.75) is 62.0 Å². The zero-order valence-corrected chi connectivity index (χ0v) is 35.8. The van der Waals surface area contributed by atoms with Crippen molar-refractivity contribution in [3.63, 3.8) is 0 Å². The molecule has 0 spiro atoms. The van der Waals surface area contributed by atoms with Crippen LogP contribution in [0.2, 0.25) is 0 Å². The summed E-state index contributed by atoms with van der Waals surface area (Å²) in [6.07, 6.45) is -5.98. The number of hydrogen-bond acceptors (Lipinski definition) is 20. The largest absolute Gasteiger partial charge is 1.00 e. The van der Waals surface area contributed by atoms with Crippen molar-refractivity contribution in [2.24, 2.45) is 5.73 Å². The third-order valence-corrected chi connectivity index (χ3v) is 12.0. The maximum atomic E-state index is 16.1. The fraction of sp³-hybridized carbons (Fsp3) is 0.577. The number of rotatable bonds is 5. The molecule has 10 atom stereocenters. The standard InChI is InChI=1S/C26H34FN11O9P2S2.2Na/c27-15-12-7-42-48(40,50)46-18-13(45-24(17(18)39)37-6-11-2-1-4-30-21-14(11)22(37)33-9-32-21)8-43-49(41,51)47-19(15)25(44-12)38-10-34-16-20(29)35-26(31-5-3-28)36-23(16)38;;/h6,9-10,12-13,15,17-19,24-25,39H,1-5,7-8,28H2,(H,40,50)(H,41,51)(H,30,32,33)(H3,29,31,35,36);;/q;2*+1/p-2/t12-,13-,15-,17-,18-,19-,24-,25-,48?,49?;;/m1../s1. The first kappa shape index (κ1) is 42.0. The smallest absolute Gasteiger partial charge is 0.660 e. The Bertz CT molecular complexity index is 2080. The number of fused-ring (bicyclic) bond motifs is 4. The fourth-order valence-electron chi connectivity index (χ4n) is 6.62. The molecular weight excluding hydrogens is 801 g/mol. The Morgan fingerprint density at radius 2 is 1.72 bits per heavy atom. The molecule has 27 heteroatoms. The van der Waals surface area contributed by atoms with E-state index in [1.54, 1.807) is 10.8 Å². The number of anilines is 3. The molecule has 3 saturated heterocycles. The Morgan fingerprint density at radius 1 is 1.00 bits per heavy atom. The summed E-state index contributed by atoms with van der Waals surface area (Å²) in [5.74, 6) is 0.766. The number of aromatic nitrogens is 7. The summed E-state index contributed by atoms with van der Waals surface area (Å²) >= 11 is 10.4. The van der Waals surface area contributed by atoms with Gasteiger partial charge in [-0.25, -0.2) is 19.3 Å². The van der Waals surface area contributed by atoms with Crippen LogP contribution in [0, 0.1) is 0 Å². The van der Waals surface area contributed by atoms with Gasteiger partial charge in [0.05, 0.1) is 24.9 Å². The normalized spacial score (nSPS) is 34.4. The molecule has 2 unspecified atom stereocenters. The number of aryl methyl sites for hydroxylation is 1. The van der Waals surface area contributed by atoms with Gasteiger partial charge >= 0.3 is 59.1 Å². The molecule has 20 nitrogen and oxygen atoms in total. The minimum atomic E-state index is -4.55. The van der Waals surface area contributed by atoms with E-state index in [4.69, 9.17) is 63.5 Å². The molecular formula is C26H32FN11Na2O9P2S2. The Morgan fingerprint density at radius 3 is 2.47 bits per heavy atom. The summed E-state index contributed by atoms with van der Waals surface area (Å²) < 4.78 is 80.8. The molecule has 8 heterocycles. The van der Waals surface area contributed by atoms with Crippen LogP contribution in [-0.2, 0) is 67.6 Å². The van der Waals surface area contributed by atoms with Gasteiger partial charge in [0.25, 0.3) is 0 Å². The third kappa shape index (κ3) is 8.22. The number of hydrogen-bond donors (Lipinski definition) is 5. The molecule has 8 rings (SSSR count). The van der Waals surface area contributed by atoms with Crippen molar-refractivity contribution < 1.29 is 105 Å². The third-order valence-electron chi connectivity index (χ3n) is 8.90. The monoisotopic (exact) mass is 833 g/mol. The van der Waals surface area contributed by atoms with E-state index in [9.17, 15) is 14.2 Å². The first-order valence-electron chi connectivity index (χ1n) is 15.9. The second kappa shape index (κ2) is 16.7. The quantitative estimate of drug-likeness (QED) is 0.0718. The van der Waals surface area contributed by atoms with Crippen LogP contribution in [0.25, 0.3) is 22.2 Å². The molecule has 0 aliphatic carbocycles. The molecule has 276 valence electrons. The minimum absolute atomic E-state index is 0. The van der Waals surface area contributed by atoms with Crippen LogP contribution in [0.3, 0.4) is 0 Å². The predicted octanol–water partition coefficient (Wildman–Crippen LogP) is -4.79. The molecule has 4 aliphatic heterocycles. The van der Waals surface area contributed by atoms with Crippen molar-refractivity contribution in [3.8, 4) is 0 Å². The van der Waals surface area contributed by atoms with Gasteiger partial charge in [-0.05, 0) is 18.4 Å². The molecule has 3 fully saturated rings. The maximum absolute atomic E-state index is 16.1. The van der Waals surface area contributed by atoms with Crippen LogP contribution >= 0.6 is 13.6 Å². The van der Waals surface area contributed by atoms with E-state index in [1.807, 2.05) is 0 Å². The van der Waals surface area contributed by atoms with Crippen molar-refractivity contribution >= 4 is 77.9 Å². The molecule has 0 amide bonds. The van der Waals surface area contributed by atoms with Crippen molar-refractivity contribution in [1.29, 1.82) is 0 Å². The topological polar surface area (TPSA) is 260 Å². The minimum Gasteiger partial charge on any atom is -0.660 e. The summed E-state index contributed by atoms with van der Waals surface area (Å²) in [5.41, 5.74) is 13.4. The van der Waals surface area contributed by atoms with Gasteiger partial charge in [0.2, 0.25) is 12.7 Å². The van der Waals surface area contributed by atoms with Gasteiger partial charge in [-0.15, -0.1) is 0 Å². The van der Waals surface area contributed by atoms with Crippen LogP contribution < -0.4 is 81.2 Å². The van der Waals surface area contributed by atoms with Crippen LogP contribution in [0.1, 0.15) is 24.4 Å². The zero-order valence-electron chi connectivity index (χ0n) is 28.4. The molecule has 4 aromatic heterocycles. The number of nitrogen functional groups attached to an aromatic ring is 1. The van der Waals surface area contributed by atoms with Gasteiger partial charge < -0.3 is 83.8 Å². The van der Waals surface area contributed by atoms with E-state index >= 15 is 4.39 Å². The van der Waals surface area contributed by atoms with Crippen LogP contribution in [0.15, 0.2) is 18.9 Å². The first-order chi connectivity index (χ1) is 24.4. The van der Waals surface area contributed by atoms with E-state index in [1.165, 1.54) is 17.2 Å². The number of aliphatic hydroxyl groups is 1. The van der Waals surface area contributed by atoms with E-state index in [2.05, 4.69) is 35.6 Å². The Kier molecular flexibility index (Phi) is 13.2. The zero-order chi connectivity index (χ0) is 35.7. The van der Waals surface area contributed by atoms with Gasteiger partial charge in [-0.2, -0.15) is 9.97 Å². The molecule has 2 bridgehead atoms. The van der Waals surface area contributed by atoms with Crippen LogP contribution in [-0.4, -0.2) is 109 Å². The Labute approximate surface area is 355 Å². The van der Waals surface area contributed by atoms with Crippen molar-refractivity contribution in [1.82, 2.24) is 34.1 Å². The van der Waals surface area contributed by atoms with Gasteiger partial charge in [-0.1, -0.05) is 0 Å². The second-order valence-electron chi connectivity index (χ2n) is 12.2. The van der Waals surface area contributed by atoms with E-state index < -0.39 is 76.0 Å². The van der Waals surface area contributed by atoms with Gasteiger partial charge in [0.1, 0.15) is 53.8 Å². The molecule has 7 N–H and O–H groups in total. The molecule has 53 heavy (non-hydrogen) atoms. The molecule has 4 aromatic rings. The molecule has 0 aromatic carbocycles. The summed E-state index contributed by atoms with van der Waals surface area (Å²) in [6, 6.07) is 0. The van der Waals surface area contributed by atoms with Crippen molar-refractivity contribution in [2.75, 3.05) is 49.2 Å². The van der Waals surface area contributed by atoms with E-state index in [-0.39, 0.29) is 88.6 Å². The number of ether oxygens (including phenoxy) is 2. The summed E-state index contributed by atoms with van der Waals surface area (Å²) in [4.78, 5) is 21.6. The molecule has 4 aliphatic rings. The fourth-order valence-corrected chi connectivity index (χ4v) is 9.44. The number of imidazole rings is 1. The van der Waals surface area contributed by atoms with Crippen LogP contribution in [0.4, 0.5) is 22.0 Å². The Balaban J connectivity index is 0.00000240. The number of nitrogens with one attached hydrogen (secondary N) is 2. The number of halogens is 1. The summed E-state index contributed by atoms with van der Waals surface area (Å²) in [6.45, 7) is -8.99. The van der Waals surface area contributed by atoms with E-state index in [0.29, 0.717) is 24.4 Å². The number of alkyl halides is 1. The van der Waals surface area contributed by atoms with Gasteiger partial charge in [-0.3, -0.25) is 13.7 Å². The second-order valence-corrected chi connectivity index (χ2v) is 17.6. The average Bonchev–Trinajstić information content (AvgIpc) is 3.79. The number of nitrogens with two attached hydrogens (primary N) is 2. The number of aliphatic hydroxyl groups excluding tert-OH is 1. The summed E-state index contributed by atoms with van der Waals surface area (Å²) in [7, 11) is 0. The SMILES string of the molecule is NCCNc1nc(N)c2ncn([C@@H]3O[C@@H]4COP(=O)([S-])O[C@H]5[C@@H](O)[C@H](n6cc7c8c(ncnc86)NCCC7)O[C@@H]5COP(=O)([S-])O[C@@H]3[C@@H]4F)c2n1.[Na+].[Na+]. The molecule has 0 radical (unpaired) electrons. The number of nitrogens with zero attached hydrogens (tertiary/aromatic N) is 7. The maximum Gasteiger partial charge on any atom is 1.00 e. The predicted molar refractivity (Wildman–Crippen MR) is 182 cm³/mol. The first-order valence-corrected chi connectivity index (χ1v) is 21.0. The average molecular weight is 834 g/mol. The van der Waals surface area contributed by atoms with Gasteiger partial charge in [0, 0.05) is 25.8 Å². The van der Waals surface area contributed by atoms with Crippen LogP contribution in [0.5, 0.6) is 0 Å².